The Morgan fingerprint density at radius 1 is 0.917 bits per heavy atom. The molecule has 0 aliphatic carbocycles. The molecule has 1 N–H and O–H groups in total. The number of carboxylic acids is 1. The molecule has 0 aliphatic heterocycles. The van der Waals surface area contributed by atoms with E-state index >= 15 is 0 Å². The zero-order valence-electron chi connectivity index (χ0n) is 13.3. The molecular formula is C20H19NO3. The average Bonchev–Trinajstić information content (AvgIpc) is 2.96. The summed E-state index contributed by atoms with van der Waals surface area (Å²) in [6, 6.07) is 20.1. The molecule has 0 bridgehead atoms. The van der Waals surface area contributed by atoms with Gasteiger partial charge in [0.05, 0.1) is 12.1 Å². The molecule has 0 aliphatic rings. The number of hydrogen-bond donors (Lipinski definition) is 1. The van der Waals surface area contributed by atoms with E-state index in [-0.39, 0.29) is 6.42 Å². The van der Waals surface area contributed by atoms with Crippen LogP contribution in [0.2, 0.25) is 0 Å². The van der Waals surface area contributed by atoms with Crippen molar-refractivity contribution in [1.29, 1.82) is 0 Å². The molecule has 0 saturated carbocycles. The molecule has 0 fully saturated rings. The minimum Gasteiger partial charge on any atom is -0.481 e. The van der Waals surface area contributed by atoms with Crippen LogP contribution < -0.4 is 0 Å². The van der Waals surface area contributed by atoms with E-state index < -0.39 is 5.97 Å². The number of nitrogens with zero attached hydrogens (tertiary/aromatic N) is 1. The number of benzene rings is 2. The second-order valence-electron chi connectivity index (χ2n) is 5.70. The summed E-state index contributed by atoms with van der Waals surface area (Å²) in [5.74, 6) is 0.460. The normalized spacial score (nSPS) is 10.7. The number of carboxylic acid groups (broad SMARTS) is 1. The summed E-state index contributed by atoms with van der Waals surface area (Å²) in [7, 11) is 0. The molecule has 1 aromatic heterocycles. The SMILES string of the molecule is O=C(O)CCc1nc(Cc2ccccc2)c(Cc2ccccc2)o1. The van der Waals surface area contributed by atoms with Gasteiger partial charge < -0.3 is 9.52 Å². The number of oxazole rings is 1. The Hall–Kier alpha value is -2.88. The fraction of sp³-hybridized carbons (Fsp3) is 0.200. The number of aryl methyl sites for hydroxylation is 1. The molecule has 4 heteroatoms. The third kappa shape index (κ3) is 4.32. The quantitative estimate of drug-likeness (QED) is 0.717. The highest BCUT2D eigenvalue weighted by atomic mass is 16.4. The molecular weight excluding hydrogens is 302 g/mol. The first-order chi connectivity index (χ1) is 11.7. The van der Waals surface area contributed by atoms with Crippen LogP contribution >= 0.6 is 0 Å². The van der Waals surface area contributed by atoms with Crippen molar-refractivity contribution >= 4 is 5.97 Å². The lowest BCUT2D eigenvalue weighted by molar-refractivity contribution is -0.137. The predicted molar refractivity (Wildman–Crippen MR) is 91.0 cm³/mol. The van der Waals surface area contributed by atoms with Gasteiger partial charge in [0.1, 0.15) is 5.76 Å². The van der Waals surface area contributed by atoms with Crippen molar-refractivity contribution in [3.8, 4) is 0 Å². The molecule has 0 amide bonds. The summed E-state index contributed by atoms with van der Waals surface area (Å²) in [4.78, 5) is 15.3. The number of aromatic nitrogens is 1. The summed E-state index contributed by atoms with van der Waals surface area (Å²) < 4.78 is 5.87. The van der Waals surface area contributed by atoms with E-state index in [1.54, 1.807) is 0 Å². The highest BCUT2D eigenvalue weighted by Gasteiger charge is 2.15. The van der Waals surface area contributed by atoms with E-state index in [1.165, 1.54) is 0 Å². The van der Waals surface area contributed by atoms with Crippen molar-refractivity contribution in [3.63, 3.8) is 0 Å². The first kappa shape index (κ1) is 16.0. The molecule has 0 unspecified atom stereocenters. The van der Waals surface area contributed by atoms with E-state index in [0.29, 0.717) is 25.2 Å². The van der Waals surface area contributed by atoms with Crippen molar-refractivity contribution in [2.45, 2.75) is 25.7 Å². The smallest absolute Gasteiger partial charge is 0.303 e. The first-order valence-electron chi connectivity index (χ1n) is 7.98. The van der Waals surface area contributed by atoms with Crippen molar-refractivity contribution in [3.05, 3.63) is 89.1 Å². The molecule has 0 spiro atoms. The maximum atomic E-state index is 10.8. The summed E-state index contributed by atoms with van der Waals surface area (Å²) in [6.45, 7) is 0. The van der Waals surface area contributed by atoms with Crippen LogP contribution in [0.3, 0.4) is 0 Å². The average molecular weight is 321 g/mol. The second kappa shape index (κ2) is 7.59. The molecule has 4 nitrogen and oxygen atoms in total. The topological polar surface area (TPSA) is 63.3 Å². The van der Waals surface area contributed by atoms with Gasteiger partial charge in [0.2, 0.25) is 0 Å². The van der Waals surface area contributed by atoms with Crippen LogP contribution in [0.5, 0.6) is 0 Å². The largest absolute Gasteiger partial charge is 0.481 e. The van der Waals surface area contributed by atoms with Gasteiger partial charge in [-0.2, -0.15) is 0 Å². The number of hydrogen-bond acceptors (Lipinski definition) is 3. The van der Waals surface area contributed by atoms with E-state index in [1.807, 2.05) is 48.5 Å². The van der Waals surface area contributed by atoms with Crippen molar-refractivity contribution in [2.24, 2.45) is 0 Å². The van der Waals surface area contributed by atoms with Crippen molar-refractivity contribution in [1.82, 2.24) is 4.98 Å². The molecule has 3 rings (SSSR count). The molecule has 24 heavy (non-hydrogen) atoms. The van der Waals surface area contributed by atoms with Crippen LogP contribution in [-0.4, -0.2) is 16.1 Å². The second-order valence-corrected chi connectivity index (χ2v) is 5.70. The van der Waals surface area contributed by atoms with E-state index in [4.69, 9.17) is 9.52 Å². The number of carbonyl (C=O) groups is 1. The minimum absolute atomic E-state index is 0.0239. The van der Waals surface area contributed by atoms with Gasteiger partial charge in [0, 0.05) is 19.3 Å². The third-order valence-corrected chi connectivity index (χ3v) is 3.80. The Kier molecular flexibility index (Phi) is 5.06. The zero-order valence-corrected chi connectivity index (χ0v) is 13.3. The van der Waals surface area contributed by atoms with E-state index in [9.17, 15) is 4.79 Å². The number of rotatable bonds is 7. The van der Waals surface area contributed by atoms with Crippen LogP contribution in [0, 0.1) is 0 Å². The molecule has 3 aromatic rings. The fourth-order valence-electron chi connectivity index (χ4n) is 2.60. The van der Waals surface area contributed by atoms with Gasteiger partial charge in [-0.3, -0.25) is 4.79 Å². The van der Waals surface area contributed by atoms with Crippen LogP contribution in [0.15, 0.2) is 65.1 Å². The van der Waals surface area contributed by atoms with Crippen molar-refractivity contribution < 1.29 is 14.3 Å². The summed E-state index contributed by atoms with van der Waals surface area (Å²) in [5, 5.41) is 8.85. The Balaban J connectivity index is 1.84. The van der Waals surface area contributed by atoms with Crippen LogP contribution in [-0.2, 0) is 24.1 Å². The van der Waals surface area contributed by atoms with Gasteiger partial charge in [0.25, 0.3) is 0 Å². The molecule has 2 aromatic carbocycles. The van der Waals surface area contributed by atoms with Gasteiger partial charge >= 0.3 is 5.97 Å². The Bertz CT molecular complexity index is 735. The summed E-state index contributed by atoms with van der Waals surface area (Å²) in [6.07, 6.45) is 1.67. The van der Waals surface area contributed by atoms with Gasteiger partial charge in [-0.15, -0.1) is 0 Å². The maximum Gasteiger partial charge on any atom is 0.303 e. The maximum absolute atomic E-state index is 10.8. The van der Waals surface area contributed by atoms with Crippen LogP contribution in [0.25, 0.3) is 0 Å². The molecule has 0 radical (unpaired) electrons. The molecule has 1 heterocycles. The lowest BCUT2D eigenvalue weighted by atomic mass is 10.1. The fourth-order valence-corrected chi connectivity index (χ4v) is 2.60. The monoisotopic (exact) mass is 321 g/mol. The van der Waals surface area contributed by atoms with Crippen LogP contribution in [0.4, 0.5) is 0 Å². The van der Waals surface area contributed by atoms with Crippen LogP contribution in [0.1, 0.15) is 34.9 Å². The predicted octanol–water partition coefficient (Wildman–Crippen LogP) is 3.87. The lowest BCUT2D eigenvalue weighted by Gasteiger charge is -2.02. The Morgan fingerprint density at radius 3 is 2.08 bits per heavy atom. The Morgan fingerprint density at radius 2 is 1.50 bits per heavy atom. The highest BCUT2D eigenvalue weighted by Crippen LogP contribution is 2.20. The first-order valence-corrected chi connectivity index (χ1v) is 7.98. The molecule has 0 atom stereocenters. The summed E-state index contributed by atoms with van der Waals surface area (Å²) in [5.41, 5.74) is 3.18. The van der Waals surface area contributed by atoms with Gasteiger partial charge in [-0.1, -0.05) is 60.7 Å². The van der Waals surface area contributed by atoms with Gasteiger partial charge in [-0.05, 0) is 11.1 Å². The highest BCUT2D eigenvalue weighted by molar-refractivity contribution is 5.66. The minimum atomic E-state index is -0.845. The molecule has 0 saturated heterocycles. The molecule has 122 valence electrons. The lowest BCUT2D eigenvalue weighted by Crippen LogP contribution is -1.98. The van der Waals surface area contributed by atoms with E-state index in [2.05, 4.69) is 17.1 Å². The van der Waals surface area contributed by atoms with Gasteiger partial charge in [-0.25, -0.2) is 4.98 Å². The third-order valence-electron chi connectivity index (χ3n) is 3.80. The zero-order chi connectivity index (χ0) is 16.8. The van der Waals surface area contributed by atoms with Gasteiger partial charge in [0.15, 0.2) is 5.89 Å². The van der Waals surface area contributed by atoms with E-state index in [0.717, 1.165) is 22.6 Å². The summed E-state index contributed by atoms with van der Waals surface area (Å²) >= 11 is 0. The number of aliphatic carboxylic acids is 1. The standard InChI is InChI=1S/C20H19NO3/c22-20(23)12-11-19-21-17(13-15-7-3-1-4-8-15)18(24-19)14-16-9-5-2-6-10-16/h1-10H,11-14H2,(H,22,23). The van der Waals surface area contributed by atoms with Crippen molar-refractivity contribution in [2.75, 3.05) is 0 Å². The Labute approximate surface area is 140 Å².